The largest absolute Gasteiger partial charge is 0.481 e. The number of aliphatic carboxylic acids is 1. The molecule has 0 amide bonds. The molecule has 1 N–H and O–H groups in total. The Hall–Kier alpha value is -0.530. The number of rotatable bonds is 9. The molecule has 96 valence electrons. The van der Waals surface area contributed by atoms with E-state index in [1.54, 1.807) is 6.92 Å². The smallest absolute Gasteiger partial charge is 0.306 e. The molecular formula is C14H28O2. The van der Waals surface area contributed by atoms with Gasteiger partial charge in [-0.1, -0.05) is 59.8 Å². The molecule has 0 bridgehead atoms. The predicted molar refractivity (Wildman–Crippen MR) is 68.5 cm³/mol. The monoisotopic (exact) mass is 228 g/mol. The fourth-order valence-electron chi connectivity index (χ4n) is 2.27. The lowest BCUT2D eigenvalue weighted by atomic mass is 9.90. The fraction of sp³-hybridized carbons (Fsp3) is 0.929. The highest BCUT2D eigenvalue weighted by Crippen LogP contribution is 2.21. The van der Waals surface area contributed by atoms with Crippen LogP contribution in [-0.4, -0.2) is 11.1 Å². The number of carbonyl (C=O) groups is 1. The lowest BCUT2D eigenvalue weighted by molar-refractivity contribution is -0.141. The number of carboxylic acid groups (broad SMARTS) is 1. The van der Waals surface area contributed by atoms with Crippen LogP contribution in [-0.2, 0) is 4.79 Å². The first-order chi connectivity index (χ1) is 7.47. The molecule has 0 saturated heterocycles. The Kier molecular flexibility index (Phi) is 8.32. The summed E-state index contributed by atoms with van der Waals surface area (Å²) in [6.45, 7) is 8.52. The van der Waals surface area contributed by atoms with E-state index in [9.17, 15) is 4.79 Å². The van der Waals surface area contributed by atoms with E-state index >= 15 is 0 Å². The average Bonchev–Trinajstić information content (AvgIpc) is 2.17. The van der Waals surface area contributed by atoms with Gasteiger partial charge in [0.25, 0.3) is 0 Å². The van der Waals surface area contributed by atoms with E-state index in [4.69, 9.17) is 5.11 Å². The Balaban J connectivity index is 3.57. The Morgan fingerprint density at radius 1 is 1.06 bits per heavy atom. The molecule has 0 aliphatic carbocycles. The van der Waals surface area contributed by atoms with Gasteiger partial charge in [-0.3, -0.25) is 4.79 Å². The van der Waals surface area contributed by atoms with E-state index in [0.717, 1.165) is 12.3 Å². The van der Waals surface area contributed by atoms with Crippen molar-refractivity contribution in [2.75, 3.05) is 0 Å². The van der Waals surface area contributed by atoms with Gasteiger partial charge >= 0.3 is 5.97 Å². The zero-order valence-corrected chi connectivity index (χ0v) is 11.3. The summed E-state index contributed by atoms with van der Waals surface area (Å²) in [4.78, 5) is 10.7. The van der Waals surface area contributed by atoms with Crippen molar-refractivity contribution in [2.45, 2.75) is 66.2 Å². The van der Waals surface area contributed by atoms with Crippen LogP contribution in [0, 0.1) is 17.8 Å². The van der Waals surface area contributed by atoms with Gasteiger partial charge in [-0.25, -0.2) is 0 Å². The van der Waals surface area contributed by atoms with Crippen molar-refractivity contribution in [3.8, 4) is 0 Å². The van der Waals surface area contributed by atoms with Crippen molar-refractivity contribution in [3.05, 3.63) is 0 Å². The maximum atomic E-state index is 10.7. The van der Waals surface area contributed by atoms with Gasteiger partial charge in [0.1, 0.15) is 0 Å². The highest BCUT2D eigenvalue weighted by atomic mass is 16.4. The van der Waals surface area contributed by atoms with Crippen LogP contribution in [0.25, 0.3) is 0 Å². The van der Waals surface area contributed by atoms with Crippen LogP contribution in [0.5, 0.6) is 0 Å². The molecule has 0 saturated carbocycles. The van der Waals surface area contributed by atoms with Crippen molar-refractivity contribution in [3.63, 3.8) is 0 Å². The second kappa shape index (κ2) is 8.60. The zero-order valence-electron chi connectivity index (χ0n) is 11.3. The first-order valence-electron chi connectivity index (χ1n) is 6.70. The maximum absolute atomic E-state index is 10.7. The van der Waals surface area contributed by atoms with Gasteiger partial charge in [0.2, 0.25) is 0 Å². The molecule has 2 nitrogen and oxygen atoms in total. The summed E-state index contributed by atoms with van der Waals surface area (Å²) in [6.07, 6.45) is 7.12. The van der Waals surface area contributed by atoms with Crippen LogP contribution >= 0.6 is 0 Å². The molecule has 0 aliphatic rings. The molecule has 0 heterocycles. The van der Waals surface area contributed by atoms with Gasteiger partial charge in [0.15, 0.2) is 0 Å². The molecular weight excluding hydrogens is 200 g/mol. The van der Waals surface area contributed by atoms with Crippen LogP contribution < -0.4 is 0 Å². The Labute approximate surface area is 100 Å². The lowest BCUT2D eigenvalue weighted by Gasteiger charge is -2.15. The summed E-state index contributed by atoms with van der Waals surface area (Å²) < 4.78 is 0. The first-order valence-corrected chi connectivity index (χ1v) is 6.70. The molecule has 0 fully saturated rings. The second-order valence-corrected chi connectivity index (χ2v) is 5.40. The molecule has 0 aliphatic heterocycles. The van der Waals surface area contributed by atoms with E-state index in [-0.39, 0.29) is 5.92 Å². The zero-order chi connectivity index (χ0) is 12.6. The van der Waals surface area contributed by atoms with E-state index < -0.39 is 5.97 Å². The maximum Gasteiger partial charge on any atom is 0.306 e. The lowest BCUT2D eigenvalue weighted by Crippen LogP contribution is -2.13. The summed E-state index contributed by atoms with van der Waals surface area (Å²) >= 11 is 0. The molecule has 16 heavy (non-hydrogen) atoms. The Morgan fingerprint density at radius 3 is 2.12 bits per heavy atom. The summed E-state index contributed by atoms with van der Waals surface area (Å²) in [5.74, 6) is 0.517. The number of carboxylic acids is 1. The summed E-state index contributed by atoms with van der Waals surface area (Å²) in [7, 11) is 0. The van der Waals surface area contributed by atoms with Gasteiger partial charge in [-0.05, 0) is 18.3 Å². The van der Waals surface area contributed by atoms with Gasteiger partial charge in [0.05, 0.1) is 5.92 Å². The van der Waals surface area contributed by atoms with Crippen LogP contribution in [0.2, 0.25) is 0 Å². The van der Waals surface area contributed by atoms with Crippen LogP contribution in [0.15, 0.2) is 0 Å². The quantitative estimate of drug-likeness (QED) is 0.637. The van der Waals surface area contributed by atoms with Gasteiger partial charge in [0, 0.05) is 0 Å². The van der Waals surface area contributed by atoms with Crippen LogP contribution in [0.3, 0.4) is 0 Å². The molecule has 3 atom stereocenters. The standard InChI is InChI=1S/C14H28O2/c1-5-7-11(2)8-6-9-12(3)10-13(4)14(15)16/h11-13H,5-10H2,1-4H3,(H,15,16). The second-order valence-electron chi connectivity index (χ2n) is 5.40. The van der Waals surface area contributed by atoms with Crippen LogP contribution in [0.4, 0.5) is 0 Å². The van der Waals surface area contributed by atoms with Crippen molar-refractivity contribution >= 4 is 5.97 Å². The third-order valence-corrected chi connectivity index (χ3v) is 3.35. The minimum atomic E-state index is -0.661. The molecule has 0 aromatic carbocycles. The van der Waals surface area contributed by atoms with E-state index in [0.29, 0.717) is 5.92 Å². The molecule has 0 rings (SSSR count). The number of hydrogen-bond acceptors (Lipinski definition) is 1. The Morgan fingerprint density at radius 2 is 1.62 bits per heavy atom. The van der Waals surface area contributed by atoms with Crippen LogP contribution in [0.1, 0.15) is 66.2 Å². The predicted octanol–water partition coefficient (Wildman–Crippen LogP) is 4.34. The third kappa shape index (κ3) is 7.72. The van der Waals surface area contributed by atoms with E-state index in [1.807, 2.05) is 0 Å². The fourth-order valence-corrected chi connectivity index (χ4v) is 2.27. The van der Waals surface area contributed by atoms with E-state index in [2.05, 4.69) is 20.8 Å². The SMILES string of the molecule is CCCC(C)CCCC(C)CC(C)C(=O)O. The Bertz CT molecular complexity index is 189. The number of hydrogen-bond donors (Lipinski definition) is 1. The van der Waals surface area contributed by atoms with Crippen molar-refractivity contribution in [1.82, 2.24) is 0 Å². The molecule has 3 unspecified atom stereocenters. The molecule has 0 spiro atoms. The van der Waals surface area contributed by atoms with Crippen molar-refractivity contribution in [2.24, 2.45) is 17.8 Å². The normalized spacial score (nSPS) is 16.8. The molecule has 0 radical (unpaired) electrons. The minimum absolute atomic E-state index is 0.192. The summed E-state index contributed by atoms with van der Waals surface area (Å²) in [5.41, 5.74) is 0. The van der Waals surface area contributed by atoms with Gasteiger partial charge < -0.3 is 5.11 Å². The van der Waals surface area contributed by atoms with Crippen molar-refractivity contribution < 1.29 is 9.90 Å². The molecule has 0 aromatic rings. The van der Waals surface area contributed by atoms with E-state index in [1.165, 1.54) is 32.1 Å². The average molecular weight is 228 g/mol. The minimum Gasteiger partial charge on any atom is -0.481 e. The van der Waals surface area contributed by atoms with Gasteiger partial charge in [-0.2, -0.15) is 0 Å². The molecule has 2 heteroatoms. The highest BCUT2D eigenvalue weighted by molar-refractivity contribution is 5.69. The molecule has 0 aromatic heterocycles. The summed E-state index contributed by atoms with van der Waals surface area (Å²) in [6, 6.07) is 0. The first kappa shape index (κ1) is 15.5. The third-order valence-electron chi connectivity index (χ3n) is 3.35. The van der Waals surface area contributed by atoms with Gasteiger partial charge in [-0.15, -0.1) is 0 Å². The topological polar surface area (TPSA) is 37.3 Å². The highest BCUT2D eigenvalue weighted by Gasteiger charge is 2.14. The van der Waals surface area contributed by atoms with Crippen molar-refractivity contribution in [1.29, 1.82) is 0 Å². The summed E-state index contributed by atoms with van der Waals surface area (Å²) in [5, 5.41) is 8.81.